The molecular weight excluding hydrogens is 356 g/mol. The summed E-state index contributed by atoms with van der Waals surface area (Å²) in [7, 11) is -0.713. The number of hydrogen-bond acceptors (Lipinski definition) is 5. The predicted molar refractivity (Wildman–Crippen MR) is 99.2 cm³/mol. The predicted octanol–water partition coefficient (Wildman–Crippen LogP) is 2.18. The van der Waals surface area contributed by atoms with Crippen molar-refractivity contribution in [2.75, 3.05) is 26.1 Å². The van der Waals surface area contributed by atoms with Gasteiger partial charge >= 0.3 is 0 Å². The lowest BCUT2D eigenvalue weighted by Gasteiger charge is -2.13. The van der Waals surface area contributed by atoms with Crippen molar-refractivity contribution in [1.29, 1.82) is 0 Å². The van der Waals surface area contributed by atoms with E-state index < -0.39 is 10.0 Å². The van der Waals surface area contributed by atoms with Crippen molar-refractivity contribution in [1.82, 2.24) is 4.72 Å². The van der Waals surface area contributed by atoms with Gasteiger partial charge in [-0.25, -0.2) is 13.1 Å². The number of anilines is 1. The van der Waals surface area contributed by atoms with Gasteiger partial charge in [0.2, 0.25) is 15.9 Å². The van der Waals surface area contributed by atoms with Crippen LogP contribution in [0, 0.1) is 0 Å². The van der Waals surface area contributed by atoms with Crippen LogP contribution in [0.3, 0.4) is 0 Å². The number of hydrogen-bond donors (Lipinski definition) is 2. The number of nitrogens with one attached hydrogen (secondary N) is 2. The van der Waals surface area contributed by atoms with E-state index in [0.717, 1.165) is 5.56 Å². The van der Waals surface area contributed by atoms with E-state index in [1.54, 1.807) is 7.11 Å². The van der Waals surface area contributed by atoms with Crippen LogP contribution in [0.2, 0.25) is 0 Å². The Balaban J connectivity index is 2.13. The molecule has 0 aliphatic heterocycles. The highest BCUT2D eigenvalue weighted by atomic mass is 32.2. The molecule has 0 aliphatic carbocycles. The molecule has 0 saturated heterocycles. The molecule has 0 aliphatic rings. The largest absolute Gasteiger partial charge is 0.496 e. The Morgan fingerprint density at radius 2 is 1.73 bits per heavy atom. The number of ether oxygens (including phenoxy) is 2. The molecule has 2 aromatic carbocycles. The molecule has 0 heterocycles. The third-order valence-corrected chi connectivity index (χ3v) is 5.13. The summed E-state index contributed by atoms with van der Waals surface area (Å²) in [6.07, 6.45) is 0.484. The molecule has 0 atom stereocenters. The van der Waals surface area contributed by atoms with Gasteiger partial charge in [-0.1, -0.05) is 18.2 Å². The molecule has 1 amide bonds. The van der Waals surface area contributed by atoms with Gasteiger partial charge in [0.05, 0.1) is 24.8 Å². The molecule has 0 fully saturated rings. The molecule has 0 unspecified atom stereocenters. The first-order valence-electron chi connectivity index (χ1n) is 7.94. The zero-order valence-corrected chi connectivity index (χ0v) is 15.7. The van der Waals surface area contributed by atoms with E-state index in [2.05, 4.69) is 10.0 Å². The monoisotopic (exact) mass is 378 g/mol. The van der Waals surface area contributed by atoms with Gasteiger partial charge in [0.25, 0.3) is 0 Å². The molecule has 140 valence electrons. The van der Waals surface area contributed by atoms with Crippen LogP contribution in [0.5, 0.6) is 11.5 Å². The van der Waals surface area contributed by atoms with Crippen LogP contribution in [-0.2, 0) is 21.2 Å². The van der Waals surface area contributed by atoms with E-state index in [1.165, 1.54) is 32.2 Å². The SMILES string of the molecule is COc1ccccc1CCNS(=O)(=O)c1ccc(OC)c(NC(C)=O)c1. The van der Waals surface area contributed by atoms with Crippen LogP contribution in [-0.4, -0.2) is 35.1 Å². The molecule has 2 N–H and O–H groups in total. The van der Waals surface area contributed by atoms with Gasteiger partial charge in [0.15, 0.2) is 0 Å². The van der Waals surface area contributed by atoms with E-state index in [0.29, 0.717) is 23.6 Å². The van der Waals surface area contributed by atoms with Crippen molar-refractivity contribution in [3.8, 4) is 11.5 Å². The Bertz CT molecular complexity index is 881. The summed E-state index contributed by atoms with van der Waals surface area (Å²) in [5.41, 5.74) is 1.21. The third kappa shape index (κ3) is 4.96. The number of amides is 1. The Hall–Kier alpha value is -2.58. The van der Waals surface area contributed by atoms with E-state index in [9.17, 15) is 13.2 Å². The number of carbonyl (C=O) groups is 1. The van der Waals surface area contributed by atoms with Crippen LogP contribution in [0.4, 0.5) is 5.69 Å². The van der Waals surface area contributed by atoms with Crippen LogP contribution in [0.25, 0.3) is 0 Å². The summed E-state index contributed by atoms with van der Waals surface area (Å²) >= 11 is 0. The lowest BCUT2D eigenvalue weighted by Crippen LogP contribution is -2.26. The zero-order chi connectivity index (χ0) is 19.2. The van der Waals surface area contributed by atoms with Gasteiger partial charge < -0.3 is 14.8 Å². The molecule has 0 bridgehead atoms. The molecule has 8 heteroatoms. The molecule has 0 radical (unpaired) electrons. The maximum atomic E-state index is 12.5. The first kappa shape index (κ1) is 19.7. The van der Waals surface area contributed by atoms with Crippen molar-refractivity contribution in [2.24, 2.45) is 0 Å². The fraction of sp³-hybridized carbons (Fsp3) is 0.278. The fourth-order valence-corrected chi connectivity index (χ4v) is 3.51. The minimum absolute atomic E-state index is 0.0436. The van der Waals surface area contributed by atoms with Crippen molar-refractivity contribution >= 4 is 21.6 Å². The average molecular weight is 378 g/mol. The molecule has 0 saturated carbocycles. The first-order valence-corrected chi connectivity index (χ1v) is 9.43. The van der Waals surface area contributed by atoms with Crippen LogP contribution in [0.15, 0.2) is 47.4 Å². The quantitative estimate of drug-likeness (QED) is 0.734. The lowest BCUT2D eigenvalue weighted by molar-refractivity contribution is -0.114. The topological polar surface area (TPSA) is 93.7 Å². The van der Waals surface area contributed by atoms with E-state index >= 15 is 0 Å². The number of rotatable bonds is 8. The number of carbonyl (C=O) groups excluding carboxylic acids is 1. The number of methoxy groups -OCH3 is 2. The fourth-order valence-electron chi connectivity index (χ4n) is 2.45. The molecule has 2 aromatic rings. The van der Waals surface area contributed by atoms with E-state index in [1.807, 2.05) is 24.3 Å². The minimum atomic E-state index is -3.73. The molecule has 0 spiro atoms. The summed E-state index contributed by atoms with van der Waals surface area (Å²) < 4.78 is 38.0. The van der Waals surface area contributed by atoms with Gasteiger partial charge in [0, 0.05) is 13.5 Å². The maximum absolute atomic E-state index is 12.5. The summed E-state index contributed by atoms with van der Waals surface area (Å²) in [6.45, 7) is 1.55. The van der Waals surface area contributed by atoms with E-state index in [-0.39, 0.29) is 17.3 Å². The molecule has 7 nitrogen and oxygen atoms in total. The zero-order valence-electron chi connectivity index (χ0n) is 14.9. The van der Waals surface area contributed by atoms with Crippen molar-refractivity contribution in [3.63, 3.8) is 0 Å². The summed E-state index contributed by atoms with van der Waals surface area (Å²) in [5, 5.41) is 2.56. The third-order valence-electron chi connectivity index (χ3n) is 3.67. The van der Waals surface area contributed by atoms with Crippen molar-refractivity contribution < 1.29 is 22.7 Å². The van der Waals surface area contributed by atoms with Gasteiger partial charge in [-0.3, -0.25) is 4.79 Å². The minimum Gasteiger partial charge on any atom is -0.496 e. The maximum Gasteiger partial charge on any atom is 0.240 e. The second-order valence-corrected chi connectivity index (χ2v) is 7.27. The normalized spacial score (nSPS) is 11.0. The van der Waals surface area contributed by atoms with Gasteiger partial charge in [-0.2, -0.15) is 0 Å². The van der Waals surface area contributed by atoms with Gasteiger partial charge in [-0.15, -0.1) is 0 Å². The summed E-state index contributed by atoms with van der Waals surface area (Å²) in [4.78, 5) is 11.3. The number of para-hydroxylation sites is 1. The highest BCUT2D eigenvalue weighted by molar-refractivity contribution is 7.89. The standard InChI is InChI=1S/C18H22N2O5S/c1-13(21)20-16-12-15(8-9-18(16)25-3)26(22,23)19-11-10-14-6-4-5-7-17(14)24-2/h4-9,12,19H,10-11H2,1-3H3,(H,20,21). The second kappa shape index (κ2) is 8.68. The Morgan fingerprint density at radius 3 is 2.38 bits per heavy atom. The second-order valence-electron chi connectivity index (χ2n) is 5.50. The molecule has 2 rings (SSSR count). The first-order chi connectivity index (χ1) is 12.4. The van der Waals surface area contributed by atoms with Crippen molar-refractivity contribution in [3.05, 3.63) is 48.0 Å². The molecule has 0 aromatic heterocycles. The summed E-state index contributed by atoms with van der Waals surface area (Å²) in [5.74, 6) is 0.777. The van der Waals surface area contributed by atoms with Gasteiger partial charge in [-0.05, 0) is 36.2 Å². The Kier molecular flexibility index (Phi) is 6.59. The van der Waals surface area contributed by atoms with E-state index in [4.69, 9.17) is 9.47 Å². The molecular formula is C18H22N2O5S. The Morgan fingerprint density at radius 1 is 1.04 bits per heavy atom. The highest BCUT2D eigenvalue weighted by Crippen LogP contribution is 2.27. The number of sulfonamides is 1. The van der Waals surface area contributed by atoms with Crippen molar-refractivity contribution in [2.45, 2.75) is 18.2 Å². The smallest absolute Gasteiger partial charge is 0.240 e. The van der Waals surface area contributed by atoms with Crippen LogP contribution >= 0.6 is 0 Å². The summed E-state index contributed by atoms with van der Waals surface area (Å²) in [6, 6.07) is 11.7. The highest BCUT2D eigenvalue weighted by Gasteiger charge is 2.17. The van der Waals surface area contributed by atoms with Crippen LogP contribution < -0.4 is 19.5 Å². The average Bonchev–Trinajstić information content (AvgIpc) is 2.61. The van der Waals surface area contributed by atoms with Gasteiger partial charge in [0.1, 0.15) is 11.5 Å². The van der Waals surface area contributed by atoms with Crippen LogP contribution in [0.1, 0.15) is 12.5 Å². The number of benzene rings is 2. The lowest BCUT2D eigenvalue weighted by atomic mass is 10.1. The Labute approximate surface area is 153 Å². The molecule has 26 heavy (non-hydrogen) atoms.